The van der Waals surface area contributed by atoms with Crippen molar-refractivity contribution in [1.29, 1.82) is 0 Å². The van der Waals surface area contributed by atoms with Crippen molar-refractivity contribution in [3.8, 4) is 11.4 Å². The van der Waals surface area contributed by atoms with Gasteiger partial charge in [-0.3, -0.25) is 8.96 Å². The van der Waals surface area contributed by atoms with E-state index in [2.05, 4.69) is 89.1 Å². The first-order valence-corrected chi connectivity index (χ1v) is 13.2. The smallest absolute Gasteiger partial charge is 0.178 e. The summed E-state index contributed by atoms with van der Waals surface area (Å²) in [6, 6.07) is 12.6. The predicted molar refractivity (Wildman–Crippen MR) is 155 cm³/mol. The van der Waals surface area contributed by atoms with Crippen LogP contribution in [0.15, 0.2) is 55.1 Å². The molecule has 0 saturated heterocycles. The Bertz CT molecular complexity index is 980. The van der Waals surface area contributed by atoms with Gasteiger partial charge in [0.05, 0.1) is 12.2 Å². The van der Waals surface area contributed by atoms with Crippen LogP contribution < -0.4 is 0 Å². The Kier molecular flexibility index (Phi) is 18.0. The Labute approximate surface area is 214 Å². The van der Waals surface area contributed by atoms with Gasteiger partial charge in [-0.25, -0.2) is 9.97 Å². The van der Waals surface area contributed by atoms with Crippen molar-refractivity contribution in [1.82, 2.24) is 14.5 Å². The Hall–Kier alpha value is -2.75. The average Bonchev–Trinajstić information content (AvgIpc) is 3.21. The Morgan fingerprint density at radius 2 is 1.49 bits per heavy atom. The molecule has 0 atom stereocenters. The largest absolute Gasteiger partial charge is 0.291 e. The van der Waals surface area contributed by atoms with Crippen LogP contribution in [0.1, 0.15) is 91.8 Å². The number of imidazole rings is 1. The first-order valence-electron chi connectivity index (χ1n) is 13.2. The minimum atomic E-state index is -0.250. The second-order valence-corrected chi connectivity index (χ2v) is 8.35. The summed E-state index contributed by atoms with van der Waals surface area (Å²) in [6.45, 7) is 20.3. The molecule has 0 aliphatic rings. The van der Waals surface area contributed by atoms with Gasteiger partial charge in [-0.05, 0) is 45.4 Å². The van der Waals surface area contributed by atoms with Gasteiger partial charge in [0.25, 0.3) is 0 Å². The van der Waals surface area contributed by atoms with E-state index in [0.29, 0.717) is 0 Å². The maximum Gasteiger partial charge on any atom is 0.178 e. The fourth-order valence-electron chi connectivity index (χ4n) is 3.20. The third-order valence-electron chi connectivity index (χ3n) is 4.75. The fourth-order valence-corrected chi connectivity index (χ4v) is 3.20. The molecule has 0 radical (unpaired) electrons. The molecule has 0 bridgehead atoms. The van der Waals surface area contributed by atoms with E-state index >= 15 is 0 Å². The minimum absolute atomic E-state index is 0.250. The van der Waals surface area contributed by atoms with Crippen molar-refractivity contribution in [2.45, 2.75) is 93.9 Å². The van der Waals surface area contributed by atoms with Crippen LogP contribution in [-0.2, 0) is 6.42 Å². The van der Waals surface area contributed by atoms with Crippen molar-refractivity contribution < 1.29 is 4.39 Å². The molecule has 0 N–H and O–H groups in total. The number of unbranched alkanes of at least 4 members (excludes halogenated alkanes) is 2. The zero-order valence-corrected chi connectivity index (χ0v) is 23.5. The summed E-state index contributed by atoms with van der Waals surface area (Å²) in [6.07, 6.45) is 11.4. The highest BCUT2D eigenvalue weighted by Gasteiger charge is 2.15. The molecule has 0 saturated carbocycles. The number of benzene rings is 1. The van der Waals surface area contributed by atoms with E-state index < -0.39 is 0 Å². The highest BCUT2D eigenvalue weighted by atomic mass is 19.1. The topological polar surface area (TPSA) is 30.7 Å². The number of nitrogens with zero attached hydrogens (tertiary/aromatic N) is 3. The summed E-state index contributed by atoms with van der Waals surface area (Å²) in [5.41, 5.74) is 6.05. The second kappa shape index (κ2) is 19.5. The van der Waals surface area contributed by atoms with Gasteiger partial charge in [0.1, 0.15) is 5.82 Å². The van der Waals surface area contributed by atoms with Crippen molar-refractivity contribution in [3.05, 3.63) is 66.4 Å². The van der Waals surface area contributed by atoms with E-state index in [0.717, 1.165) is 46.8 Å². The molecule has 0 aliphatic heterocycles. The standard InChI is InChI=1S/C21H23N3.C5H12.C3H8.C2H5F/c1-5-7-16(4)24-19-14-13-18(8-6-2)22-20(19)23-21(24)17-11-9-15(3)10-12-17;1-3-5-4-2;1-3-2;1-2-3/h5,7,9-14H,4,6,8H2,1-3H3;3-5H2,1-2H3;3H2,1-2H3;2H2,1H3/b7-5-;;;. The lowest BCUT2D eigenvalue weighted by molar-refractivity contribution is 0.527. The van der Waals surface area contributed by atoms with E-state index in [1.165, 1.54) is 38.2 Å². The van der Waals surface area contributed by atoms with Crippen molar-refractivity contribution >= 4 is 16.9 Å². The van der Waals surface area contributed by atoms with Crippen LogP contribution in [0.4, 0.5) is 4.39 Å². The molecule has 35 heavy (non-hydrogen) atoms. The van der Waals surface area contributed by atoms with Crippen LogP contribution in [0.2, 0.25) is 0 Å². The molecule has 3 aromatic rings. The zero-order valence-electron chi connectivity index (χ0n) is 23.5. The molecule has 0 spiro atoms. The number of hydrogen-bond donors (Lipinski definition) is 0. The molecule has 0 aliphatic carbocycles. The minimum Gasteiger partial charge on any atom is -0.291 e. The number of pyridine rings is 1. The maximum absolute atomic E-state index is 10.3. The lowest BCUT2D eigenvalue weighted by Crippen LogP contribution is -1.97. The molecule has 1 aromatic carbocycles. The number of rotatable bonds is 7. The summed E-state index contributed by atoms with van der Waals surface area (Å²) in [7, 11) is 0. The number of allylic oxidation sites excluding steroid dienone is 3. The third-order valence-corrected chi connectivity index (χ3v) is 4.75. The normalized spacial score (nSPS) is 10.1. The number of aromatic nitrogens is 3. The summed E-state index contributed by atoms with van der Waals surface area (Å²) >= 11 is 0. The molecular formula is C31H48FN3. The highest BCUT2D eigenvalue weighted by Crippen LogP contribution is 2.28. The summed E-state index contributed by atoms with van der Waals surface area (Å²) < 4.78 is 12.4. The van der Waals surface area contributed by atoms with Gasteiger partial charge in [0, 0.05) is 17.0 Å². The first kappa shape index (κ1) is 32.2. The Morgan fingerprint density at radius 1 is 0.914 bits per heavy atom. The third kappa shape index (κ3) is 11.5. The number of aryl methyl sites for hydroxylation is 2. The molecule has 194 valence electrons. The van der Waals surface area contributed by atoms with Crippen LogP contribution in [0.25, 0.3) is 28.2 Å². The Balaban J connectivity index is 0.000000891. The van der Waals surface area contributed by atoms with Gasteiger partial charge < -0.3 is 0 Å². The molecule has 0 amide bonds. The van der Waals surface area contributed by atoms with Gasteiger partial charge >= 0.3 is 0 Å². The lowest BCUT2D eigenvalue weighted by atomic mass is 10.1. The van der Waals surface area contributed by atoms with Crippen molar-refractivity contribution in [3.63, 3.8) is 0 Å². The number of fused-ring (bicyclic) bond motifs is 1. The molecule has 3 nitrogen and oxygen atoms in total. The zero-order chi connectivity index (χ0) is 26.6. The molecule has 2 heterocycles. The van der Waals surface area contributed by atoms with E-state index in [9.17, 15) is 4.39 Å². The van der Waals surface area contributed by atoms with Gasteiger partial charge in [0.15, 0.2) is 5.65 Å². The Morgan fingerprint density at radius 3 is 1.94 bits per heavy atom. The van der Waals surface area contributed by atoms with Crippen LogP contribution in [0.5, 0.6) is 0 Å². The molecule has 2 aromatic heterocycles. The molecule has 4 heteroatoms. The summed E-state index contributed by atoms with van der Waals surface area (Å²) in [5, 5.41) is 0. The van der Waals surface area contributed by atoms with Crippen molar-refractivity contribution in [2.75, 3.05) is 6.67 Å². The van der Waals surface area contributed by atoms with Crippen LogP contribution in [0.3, 0.4) is 0 Å². The second-order valence-electron chi connectivity index (χ2n) is 8.35. The average molecular weight is 482 g/mol. The fraction of sp³-hybridized carbons (Fsp3) is 0.484. The van der Waals surface area contributed by atoms with Gasteiger partial charge in [-0.1, -0.05) is 109 Å². The molecule has 0 fully saturated rings. The van der Waals surface area contributed by atoms with Gasteiger partial charge in [-0.15, -0.1) is 0 Å². The molecule has 3 rings (SSSR count). The number of alkyl halides is 1. The lowest BCUT2D eigenvalue weighted by Gasteiger charge is -2.09. The van der Waals surface area contributed by atoms with E-state index in [-0.39, 0.29) is 6.67 Å². The summed E-state index contributed by atoms with van der Waals surface area (Å²) in [5.74, 6) is 0.884. The van der Waals surface area contributed by atoms with Gasteiger partial charge in [0.2, 0.25) is 0 Å². The van der Waals surface area contributed by atoms with Crippen LogP contribution in [0, 0.1) is 6.92 Å². The van der Waals surface area contributed by atoms with Crippen LogP contribution in [-0.4, -0.2) is 21.2 Å². The SMILES string of the molecule is C=C(/C=C\C)n1c(-c2ccc(C)cc2)nc2nc(CCC)ccc21.CCC.CCCCC.CCF. The summed E-state index contributed by atoms with van der Waals surface area (Å²) in [4.78, 5) is 9.55. The van der Waals surface area contributed by atoms with E-state index in [4.69, 9.17) is 9.97 Å². The van der Waals surface area contributed by atoms with E-state index in [1.807, 2.05) is 19.1 Å². The van der Waals surface area contributed by atoms with E-state index in [1.54, 1.807) is 0 Å². The molecule has 0 unspecified atom stereocenters. The van der Waals surface area contributed by atoms with Crippen LogP contribution >= 0.6 is 0 Å². The first-order chi connectivity index (χ1) is 16.9. The quantitative estimate of drug-likeness (QED) is 0.314. The number of hydrogen-bond acceptors (Lipinski definition) is 2. The highest BCUT2D eigenvalue weighted by molar-refractivity contribution is 5.84. The molecular weight excluding hydrogens is 433 g/mol. The monoisotopic (exact) mass is 481 g/mol. The van der Waals surface area contributed by atoms with Gasteiger partial charge in [-0.2, -0.15) is 0 Å². The van der Waals surface area contributed by atoms with Crippen molar-refractivity contribution in [2.24, 2.45) is 0 Å². The predicted octanol–water partition coefficient (Wildman–Crippen LogP) is 9.99. The number of halogens is 1. The maximum atomic E-state index is 10.3.